The molecule has 2 aromatic heterocycles. The first-order valence-electron chi connectivity index (χ1n) is 7.86. The first kappa shape index (κ1) is 14.6. The van der Waals surface area contributed by atoms with E-state index in [4.69, 9.17) is 9.15 Å². The SMILES string of the molecule is C[C@@H](c1nnc([C@H]2CCO[C@@H]2c2ccccc2)o1)c1cccs1. The molecule has 0 radical (unpaired) electrons. The van der Waals surface area contributed by atoms with Crippen molar-refractivity contribution < 1.29 is 9.15 Å². The van der Waals surface area contributed by atoms with Crippen molar-refractivity contribution in [3.05, 3.63) is 70.1 Å². The number of rotatable bonds is 4. The summed E-state index contributed by atoms with van der Waals surface area (Å²) >= 11 is 1.71. The van der Waals surface area contributed by atoms with Crippen molar-refractivity contribution in [2.45, 2.75) is 31.3 Å². The van der Waals surface area contributed by atoms with Crippen LogP contribution in [-0.4, -0.2) is 16.8 Å². The molecule has 0 amide bonds. The quantitative estimate of drug-likeness (QED) is 0.707. The number of nitrogens with zero attached hydrogens (tertiary/aromatic N) is 2. The van der Waals surface area contributed by atoms with Gasteiger partial charge >= 0.3 is 0 Å². The number of ether oxygens (including phenoxy) is 1. The van der Waals surface area contributed by atoms with Gasteiger partial charge in [0.2, 0.25) is 11.8 Å². The monoisotopic (exact) mass is 326 g/mol. The molecular formula is C18H18N2O2S. The zero-order valence-corrected chi connectivity index (χ0v) is 13.7. The Labute approximate surface area is 139 Å². The molecular weight excluding hydrogens is 308 g/mol. The number of thiophene rings is 1. The third-order valence-corrected chi connectivity index (χ3v) is 5.39. The Morgan fingerprint density at radius 1 is 1.13 bits per heavy atom. The molecule has 1 fully saturated rings. The van der Waals surface area contributed by atoms with Crippen molar-refractivity contribution >= 4 is 11.3 Å². The average molecular weight is 326 g/mol. The lowest BCUT2D eigenvalue weighted by Crippen LogP contribution is -2.06. The minimum Gasteiger partial charge on any atom is -0.424 e. The highest BCUT2D eigenvalue weighted by molar-refractivity contribution is 7.10. The third kappa shape index (κ3) is 2.82. The highest BCUT2D eigenvalue weighted by Crippen LogP contribution is 2.41. The molecule has 0 spiro atoms. The average Bonchev–Trinajstić information content (AvgIpc) is 3.35. The third-order valence-electron chi connectivity index (χ3n) is 4.33. The van der Waals surface area contributed by atoms with Crippen molar-refractivity contribution in [1.29, 1.82) is 0 Å². The van der Waals surface area contributed by atoms with E-state index in [0.717, 1.165) is 13.0 Å². The van der Waals surface area contributed by atoms with Gasteiger partial charge in [-0.2, -0.15) is 0 Å². The lowest BCUT2D eigenvalue weighted by atomic mass is 9.95. The summed E-state index contributed by atoms with van der Waals surface area (Å²) in [5.41, 5.74) is 1.17. The maximum absolute atomic E-state index is 6.01. The van der Waals surface area contributed by atoms with Gasteiger partial charge in [0.05, 0.1) is 17.9 Å². The van der Waals surface area contributed by atoms with Gasteiger partial charge in [0.15, 0.2) is 0 Å². The topological polar surface area (TPSA) is 48.2 Å². The van der Waals surface area contributed by atoms with Crippen LogP contribution in [0.2, 0.25) is 0 Å². The molecule has 0 N–H and O–H groups in total. The minimum absolute atomic E-state index is 0.00143. The van der Waals surface area contributed by atoms with Gasteiger partial charge in [0.1, 0.15) is 0 Å². The molecule has 3 heterocycles. The van der Waals surface area contributed by atoms with Crippen LogP contribution in [0, 0.1) is 0 Å². The van der Waals surface area contributed by atoms with Crippen LogP contribution < -0.4 is 0 Å². The Hall–Kier alpha value is -1.98. The molecule has 118 valence electrons. The van der Waals surface area contributed by atoms with E-state index >= 15 is 0 Å². The highest BCUT2D eigenvalue weighted by atomic mass is 32.1. The van der Waals surface area contributed by atoms with Crippen LogP contribution in [0.25, 0.3) is 0 Å². The first-order valence-corrected chi connectivity index (χ1v) is 8.74. The zero-order chi connectivity index (χ0) is 15.6. The van der Waals surface area contributed by atoms with E-state index in [1.54, 1.807) is 11.3 Å². The normalized spacial score (nSPS) is 22.3. The van der Waals surface area contributed by atoms with Gasteiger partial charge in [-0.05, 0) is 30.4 Å². The standard InChI is InChI=1S/C18H18N2O2S/c1-12(15-8-5-11-23-15)17-19-20-18(22-17)14-9-10-21-16(14)13-6-3-2-4-7-13/h2-8,11-12,14,16H,9-10H2,1H3/t12-,14+,16-/m1/s1. The van der Waals surface area contributed by atoms with Gasteiger partial charge in [-0.3, -0.25) is 0 Å². The summed E-state index contributed by atoms with van der Waals surface area (Å²) in [6, 6.07) is 14.4. The fourth-order valence-electron chi connectivity index (χ4n) is 3.04. The summed E-state index contributed by atoms with van der Waals surface area (Å²) in [6.45, 7) is 2.82. The number of aromatic nitrogens is 2. The molecule has 5 heteroatoms. The maximum Gasteiger partial charge on any atom is 0.224 e. The second kappa shape index (κ2) is 6.26. The van der Waals surface area contributed by atoms with E-state index in [-0.39, 0.29) is 17.9 Å². The van der Waals surface area contributed by atoms with Crippen LogP contribution in [0.1, 0.15) is 53.5 Å². The largest absolute Gasteiger partial charge is 0.424 e. The van der Waals surface area contributed by atoms with Crippen molar-refractivity contribution in [2.75, 3.05) is 6.61 Å². The molecule has 0 saturated carbocycles. The molecule has 0 aliphatic carbocycles. The van der Waals surface area contributed by atoms with Crippen LogP contribution in [-0.2, 0) is 4.74 Å². The van der Waals surface area contributed by atoms with Crippen LogP contribution >= 0.6 is 11.3 Å². The molecule has 0 bridgehead atoms. The van der Waals surface area contributed by atoms with E-state index in [1.165, 1.54) is 10.4 Å². The van der Waals surface area contributed by atoms with Gasteiger partial charge in [0.25, 0.3) is 0 Å². The summed E-state index contributed by atoms with van der Waals surface area (Å²) in [5.74, 6) is 1.64. The van der Waals surface area contributed by atoms with E-state index in [1.807, 2.05) is 24.3 Å². The summed E-state index contributed by atoms with van der Waals surface area (Å²) < 4.78 is 11.9. The van der Waals surface area contributed by atoms with Gasteiger partial charge in [-0.1, -0.05) is 36.4 Å². The first-order chi connectivity index (χ1) is 11.3. The molecule has 1 aliphatic heterocycles. The fourth-order valence-corrected chi connectivity index (χ4v) is 3.82. The Kier molecular flexibility index (Phi) is 3.97. The van der Waals surface area contributed by atoms with Gasteiger partial charge in [-0.15, -0.1) is 21.5 Å². The van der Waals surface area contributed by atoms with Gasteiger partial charge in [-0.25, -0.2) is 0 Å². The van der Waals surface area contributed by atoms with E-state index in [2.05, 4.69) is 40.7 Å². The predicted molar refractivity (Wildman–Crippen MR) is 88.6 cm³/mol. The molecule has 4 nitrogen and oxygen atoms in total. The van der Waals surface area contributed by atoms with E-state index in [0.29, 0.717) is 11.8 Å². The van der Waals surface area contributed by atoms with Crippen molar-refractivity contribution in [3.63, 3.8) is 0 Å². The lowest BCUT2D eigenvalue weighted by molar-refractivity contribution is 0.0996. The molecule has 3 aromatic rings. The summed E-state index contributed by atoms with van der Waals surface area (Å²) in [4.78, 5) is 1.24. The molecule has 3 atom stereocenters. The lowest BCUT2D eigenvalue weighted by Gasteiger charge is -2.15. The number of hydrogen-bond acceptors (Lipinski definition) is 5. The Morgan fingerprint density at radius 2 is 2.00 bits per heavy atom. The molecule has 0 unspecified atom stereocenters. The smallest absolute Gasteiger partial charge is 0.224 e. The van der Waals surface area contributed by atoms with Crippen molar-refractivity contribution in [1.82, 2.24) is 10.2 Å². The summed E-state index contributed by atoms with van der Waals surface area (Å²) in [5, 5.41) is 10.7. The summed E-state index contributed by atoms with van der Waals surface area (Å²) in [7, 11) is 0. The Balaban J connectivity index is 1.58. The van der Waals surface area contributed by atoms with Gasteiger partial charge < -0.3 is 9.15 Å². The Morgan fingerprint density at radius 3 is 2.78 bits per heavy atom. The zero-order valence-electron chi connectivity index (χ0n) is 12.9. The fraction of sp³-hybridized carbons (Fsp3) is 0.333. The molecule has 23 heavy (non-hydrogen) atoms. The van der Waals surface area contributed by atoms with Crippen LogP contribution in [0.5, 0.6) is 0 Å². The maximum atomic E-state index is 6.01. The van der Waals surface area contributed by atoms with E-state index in [9.17, 15) is 0 Å². The van der Waals surface area contributed by atoms with Crippen molar-refractivity contribution in [2.24, 2.45) is 0 Å². The summed E-state index contributed by atoms with van der Waals surface area (Å²) in [6.07, 6.45) is 0.913. The minimum atomic E-state index is 0.00143. The van der Waals surface area contributed by atoms with Crippen LogP contribution in [0.4, 0.5) is 0 Å². The highest BCUT2D eigenvalue weighted by Gasteiger charge is 2.35. The molecule has 1 aliphatic rings. The van der Waals surface area contributed by atoms with E-state index < -0.39 is 0 Å². The second-order valence-electron chi connectivity index (χ2n) is 5.81. The van der Waals surface area contributed by atoms with Crippen LogP contribution in [0.3, 0.4) is 0 Å². The molecule has 4 rings (SSSR count). The second-order valence-corrected chi connectivity index (χ2v) is 6.79. The number of benzene rings is 1. The molecule has 1 aromatic carbocycles. The number of hydrogen-bond donors (Lipinski definition) is 0. The van der Waals surface area contributed by atoms with Crippen molar-refractivity contribution in [3.8, 4) is 0 Å². The van der Waals surface area contributed by atoms with Crippen LogP contribution in [0.15, 0.2) is 52.3 Å². The van der Waals surface area contributed by atoms with Gasteiger partial charge in [0, 0.05) is 11.5 Å². The molecule has 1 saturated heterocycles. The predicted octanol–water partition coefficient (Wildman–Crippen LogP) is 4.53. The Bertz CT molecular complexity index is 754.